The van der Waals surface area contributed by atoms with Crippen molar-refractivity contribution in [3.05, 3.63) is 53.3 Å². The summed E-state index contributed by atoms with van der Waals surface area (Å²) in [6.07, 6.45) is 0.203. The molecule has 28 heavy (non-hydrogen) atoms. The first-order valence-electron chi connectivity index (χ1n) is 8.60. The van der Waals surface area contributed by atoms with E-state index in [0.717, 1.165) is 20.9 Å². The Balaban J connectivity index is 1.89. The molecule has 8 heteroatoms. The van der Waals surface area contributed by atoms with Crippen molar-refractivity contribution in [2.45, 2.75) is 17.9 Å². The minimum absolute atomic E-state index is 0.203. The van der Waals surface area contributed by atoms with Crippen molar-refractivity contribution in [2.75, 3.05) is 20.0 Å². The number of aryl methyl sites for hydroxylation is 1. The number of thioether (sulfide) groups is 1. The van der Waals surface area contributed by atoms with Crippen LogP contribution in [0.3, 0.4) is 0 Å². The Labute approximate surface area is 170 Å². The van der Waals surface area contributed by atoms with Gasteiger partial charge in [-0.05, 0) is 30.3 Å². The van der Waals surface area contributed by atoms with E-state index in [2.05, 4.69) is 4.99 Å². The fourth-order valence-electron chi connectivity index (χ4n) is 2.59. The van der Waals surface area contributed by atoms with Gasteiger partial charge in [-0.15, -0.1) is 11.8 Å². The molecule has 0 spiro atoms. The Morgan fingerprint density at radius 3 is 2.64 bits per heavy atom. The topological polar surface area (TPSA) is 69.9 Å². The number of carbonyl (C=O) groups is 2. The van der Waals surface area contributed by atoms with Gasteiger partial charge in [0, 0.05) is 11.4 Å². The summed E-state index contributed by atoms with van der Waals surface area (Å²) in [6.45, 7) is 0.386. The molecule has 3 rings (SSSR count). The van der Waals surface area contributed by atoms with Crippen LogP contribution in [0.1, 0.15) is 6.42 Å². The lowest BCUT2D eigenvalue weighted by Crippen LogP contribution is -2.19. The van der Waals surface area contributed by atoms with E-state index in [-0.39, 0.29) is 24.1 Å². The van der Waals surface area contributed by atoms with Gasteiger partial charge in [0.2, 0.25) is 0 Å². The van der Waals surface area contributed by atoms with Crippen LogP contribution in [0, 0.1) is 0 Å². The van der Waals surface area contributed by atoms with Gasteiger partial charge in [-0.3, -0.25) is 9.59 Å². The van der Waals surface area contributed by atoms with E-state index < -0.39 is 0 Å². The molecule has 0 N–H and O–H groups in total. The van der Waals surface area contributed by atoms with Gasteiger partial charge in [-0.25, -0.2) is 0 Å². The van der Waals surface area contributed by atoms with E-state index >= 15 is 0 Å². The van der Waals surface area contributed by atoms with Crippen LogP contribution >= 0.6 is 23.1 Å². The van der Waals surface area contributed by atoms with E-state index in [1.807, 2.05) is 53.1 Å². The number of carbonyl (C=O) groups excluding carboxylic acids is 2. The largest absolute Gasteiger partial charge is 0.497 e. The predicted molar refractivity (Wildman–Crippen MR) is 111 cm³/mol. The predicted octanol–water partition coefficient (Wildman–Crippen LogP) is 3.49. The molecule has 0 bridgehead atoms. The standard InChI is InChI=1S/C20H20N2O4S2/c1-25-14-8-9-16-17(12-14)28-20(22(16)11-10-19(24)26-2)21-18(23)13-27-15-6-4-3-5-7-15/h3-9,12H,10-11,13H2,1-2H3. The number of aromatic nitrogens is 1. The fraction of sp³-hybridized carbons (Fsp3) is 0.250. The molecule has 0 saturated carbocycles. The van der Waals surface area contributed by atoms with Gasteiger partial charge in [0.25, 0.3) is 5.91 Å². The van der Waals surface area contributed by atoms with Gasteiger partial charge < -0.3 is 14.0 Å². The van der Waals surface area contributed by atoms with Crippen molar-refractivity contribution in [1.29, 1.82) is 0 Å². The minimum Gasteiger partial charge on any atom is -0.497 e. The lowest BCUT2D eigenvalue weighted by molar-refractivity contribution is -0.140. The molecule has 0 radical (unpaired) electrons. The average Bonchev–Trinajstić information content (AvgIpc) is 3.07. The SMILES string of the molecule is COC(=O)CCn1c(=NC(=O)CSc2ccccc2)sc2cc(OC)ccc21. The van der Waals surface area contributed by atoms with Gasteiger partial charge in [0.05, 0.1) is 36.6 Å². The smallest absolute Gasteiger partial charge is 0.307 e. The molecule has 146 valence electrons. The second-order valence-electron chi connectivity index (χ2n) is 5.80. The fourth-order valence-corrected chi connectivity index (χ4v) is 4.39. The highest BCUT2D eigenvalue weighted by molar-refractivity contribution is 8.00. The molecule has 0 atom stereocenters. The molecule has 3 aromatic rings. The molecule has 1 aromatic heterocycles. The van der Waals surface area contributed by atoms with Gasteiger partial charge >= 0.3 is 5.97 Å². The molecule has 0 saturated heterocycles. The van der Waals surface area contributed by atoms with E-state index in [0.29, 0.717) is 11.3 Å². The lowest BCUT2D eigenvalue weighted by Gasteiger charge is -2.05. The number of hydrogen-bond donors (Lipinski definition) is 0. The highest BCUT2D eigenvalue weighted by Crippen LogP contribution is 2.23. The average molecular weight is 417 g/mol. The van der Waals surface area contributed by atoms with Gasteiger partial charge in [0.1, 0.15) is 5.75 Å². The molecule has 1 heterocycles. The number of amides is 1. The Morgan fingerprint density at radius 2 is 1.93 bits per heavy atom. The molecule has 0 unspecified atom stereocenters. The summed E-state index contributed by atoms with van der Waals surface area (Å²) in [6, 6.07) is 15.4. The molecule has 6 nitrogen and oxygen atoms in total. The lowest BCUT2D eigenvalue weighted by atomic mass is 10.3. The Bertz CT molecular complexity index is 1040. The van der Waals surface area contributed by atoms with Crippen molar-refractivity contribution in [3.63, 3.8) is 0 Å². The van der Waals surface area contributed by atoms with E-state index in [1.165, 1.54) is 30.2 Å². The quantitative estimate of drug-likeness (QED) is 0.436. The Hall–Kier alpha value is -2.58. The van der Waals surface area contributed by atoms with Crippen LogP contribution in [0.25, 0.3) is 10.2 Å². The first-order chi connectivity index (χ1) is 13.6. The van der Waals surface area contributed by atoms with Gasteiger partial charge in [-0.2, -0.15) is 4.99 Å². The van der Waals surface area contributed by atoms with Gasteiger partial charge in [-0.1, -0.05) is 29.5 Å². The number of benzene rings is 2. The van der Waals surface area contributed by atoms with Crippen LogP contribution in [0.4, 0.5) is 0 Å². The summed E-state index contributed by atoms with van der Waals surface area (Å²) in [5.74, 6) is 0.446. The van der Waals surface area contributed by atoms with Crippen molar-refractivity contribution in [3.8, 4) is 5.75 Å². The highest BCUT2D eigenvalue weighted by atomic mass is 32.2. The van der Waals surface area contributed by atoms with E-state index in [9.17, 15) is 9.59 Å². The molecule has 0 fully saturated rings. The number of hydrogen-bond acceptors (Lipinski definition) is 6. The van der Waals surface area contributed by atoms with Crippen molar-refractivity contribution >= 4 is 45.2 Å². The van der Waals surface area contributed by atoms with Crippen LogP contribution in [0.15, 0.2) is 58.4 Å². The number of ether oxygens (including phenoxy) is 2. The first kappa shape index (κ1) is 20.2. The zero-order valence-electron chi connectivity index (χ0n) is 15.6. The number of nitrogens with zero attached hydrogens (tertiary/aromatic N) is 2. The Kier molecular flexibility index (Phi) is 6.89. The summed E-state index contributed by atoms with van der Waals surface area (Å²) in [5.41, 5.74) is 0.900. The third-order valence-electron chi connectivity index (χ3n) is 3.98. The zero-order chi connectivity index (χ0) is 19.9. The summed E-state index contributed by atoms with van der Waals surface area (Å²) < 4.78 is 12.8. The summed E-state index contributed by atoms with van der Waals surface area (Å²) in [5, 5.41) is 0. The number of methoxy groups -OCH3 is 2. The second kappa shape index (κ2) is 9.57. The zero-order valence-corrected chi connectivity index (χ0v) is 17.2. The molecular formula is C20H20N2O4S2. The maximum absolute atomic E-state index is 12.4. The van der Waals surface area contributed by atoms with Gasteiger partial charge in [0.15, 0.2) is 4.80 Å². The summed E-state index contributed by atoms with van der Waals surface area (Å²) in [4.78, 5) is 29.9. The van der Waals surface area contributed by atoms with E-state index in [1.54, 1.807) is 7.11 Å². The number of thiazole rings is 1. The number of rotatable bonds is 7. The van der Waals surface area contributed by atoms with Crippen molar-refractivity contribution in [2.24, 2.45) is 4.99 Å². The molecule has 0 aliphatic rings. The summed E-state index contributed by atoms with van der Waals surface area (Å²) in [7, 11) is 2.97. The van der Waals surface area contributed by atoms with Crippen LogP contribution in [-0.4, -0.2) is 36.4 Å². The maximum atomic E-state index is 12.4. The molecular weight excluding hydrogens is 396 g/mol. The van der Waals surface area contributed by atoms with Crippen molar-refractivity contribution < 1.29 is 19.1 Å². The third-order valence-corrected chi connectivity index (χ3v) is 6.02. The van der Waals surface area contributed by atoms with Crippen LogP contribution in [-0.2, 0) is 20.9 Å². The molecule has 1 amide bonds. The van der Waals surface area contributed by atoms with Crippen LogP contribution in [0.5, 0.6) is 5.75 Å². The molecule has 0 aliphatic carbocycles. The Morgan fingerprint density at radius 1 is 1.14 bits per heavy atom. The monoisotopic (exact) mass is 416 g/mol. The summed E-state index contributed by atoms with van der Waals surface area (Å²) >= 11 is 2.84. The number of fused-ring (bicyclic) bond motifs is 1. The van der Waals surface area contributed by atoms with Crippen molar-refractivity contribution in [1.82, 2.24) is 4.57 Å². The minimum atomic E-state index is -0.308. The van der Waals surface area contributed by atoms with E-state index in [4.69, 9.17) is 9.47 Å². The highest BCUT2D eigenvalue weighted by Gasteiger charge is 2.11. The molecule has 2 aromatic carbocycles. The number of esters is 1. The third kappa shape index (κ3) is 5.02. The maximum Gasteiger partial charge on any atom is 0.307 e. The molecule has 0 aliphatic heterocycles. The normalized spacial score (nSPS) is 11.6. The first-order valence-corrected chi connectivity index (χ1v) is 10.4. The van der Waals surface area contributed by atoms with Crippen LogP contribution in [0.2, 0.25) is 0 Å². The van der Waals surface area contributed by atoms with Crippen LogP contribution < -0.4 is 9.54 Å². The second-order valence-corrected chi connectivity index (χ2v) is 7.86.